The monoisotopic (exact) mass is 307 g/mol. The van der Waals surface area contributed by atoms with Crippen LogP contribution in [0.3, 0.4) is 0 Å². The molecule has 0 atom stereocenters. The number of rotatable bonds is 4. The molecule has 2 heterocycles. The van der Waals surface area contributed by atoms with E-state index in [2.05, 4.69) is 15.0 Å². The number of sulfonamides is 1. The lowest BCUT2D eigenvalue weighted by molar-refractivity contribution is 0.463. The summed E-state index contributed by atoms with van der Waals surface area (Å²) in [5.41, 5.74) is 2.81. The van der Waals surface area contributed by atoms with Crippen LogP contribution in [0.4, 0.5) is 5.69 Å². The quantitative estimate of drug-likeness (QED) is 0.899. The van der Waals surface area contributed by atoms with Crippen molar-refractivity contribution in [2.24, 2.45) is 0 Å². The minimum Gasteiger partial charge on any atom is -0.444 e. The number of aromatic nitrogens is 1. The minimum absolute atomic E-state index is 0.0432. The first kappa shape index (κ1) is 14.1. The maximum Gasteiger partial charge on any atom is 0.241 e. The normalized spacial score (nSPS) is 14.0. The van der Waals surface area contributed by atoms with Crippen LogP contribution < -0.4 is 10.0 Å². The van der Waals surface area contributed by atoms with Gasteiger partial charge in [-0.25, -0.2) is 18.1 Å². The molecule has 6 nitrogen and oxygen atoms in total. The van der Waals surface area contributed by atoms with Crippen molar-refractivity contribution in [1.82, 2.24) is 9.71 Å². The molecule has 1 aromatic heterocycles. The number of fused-ring (bicyclic) bond motifs is 1. The lowest BCUT2D eigenvalue weighted by Gasteiger charge is -2.07. The van der Waals surface area contributed by atoms with E-state index >= 15 is 0 Å². The minimum atomic E-state index is -3.57. The molecule has 0 bridgehead atoms. The summed E-state index contributed by atoms with van der Waals surface area (Å²) in [5.74, 6) is 1.07. The molecule has 7 heteroatoms. The fraction of sp³-hybridized carbons (Fsp3) is 0.357. The molecular formula is C14H17N3O3S. The second-order valence-corrected chi connectivity index (χ2v) is 6.84. The van der Waals surface area contributed by atoms with Crippen molar-refractivity contribution in [2.45, 2.75) is 31.7 Å². The number of benzene rings is 1. The molecule has 0 saturated carbocycles. The molecule has 1 aliphatic rings. The largest absolute Gasteiger partial charge is 0.444 e. The fourth-order valence-corrected chi connectivity index (χ4v) is 3.29. The second-order valence-electron chi connectivity index (χ2n) is 5.07. The highest BCUT2D eigenvalue weighted by atomic mass is 32.2. The van der Waals surface area contributed by atoms with Crippen molar-refractivity contribution in [3.8, 4) is 0 Å². The van der Waals surface area contributed by atoms with Gasteiger partial charge in [-0.3, -0.25) is 0 Å². The van der Waals surface area contributed by atoms with Gasteiger partial charge in [-0.1, -0.05) is 6.07 Å². The van der Waals surface area contributed by atoms with E-state index in [1.807, 2.05) is 13.0 Å². The first-order chi connectivity index (χ1) is 9.95. The third-order valence-electron chi connectivity index (χ3n) is 3.59. The number of aryl methyl sites for hydroxylation is 2. The summed E-state index contributed by atoms with van der Waals surface area (Å²) >= 11 is 0. The Labute approximate surface area is 123 Å². The maximum atomic E-state index is 12.3. The standard InChI is InChI=1S/C14H17N3O3S/c1-9-10(2)20-14(17-9)8-16-21(18,19)12-4-3-11-5-6-15-13(11)7-12/h3-4,7,15-16H,5-6,8H2,1-2H3. The Morgan fingerprint density at radius 1 is 1.38 bits per heavy atom. The highest BCUT2D eigenvalue weighted by Gasteiger charge is 2.19. The molecule has 2 aromatic rings. The molecule has 1 aliphatic heterocycles. The predicted octanol–water partition coefficient (Wildman–Crippen LogP) is 1.74. The van der Waals surface area contributed by atoms with Crippen LogP contribution in [0, 0.1) is 13.8 Å². The van der Waals surface area contributed by atoms with E-state index in [4.69, 9.17) is 4.42 Å². The molecule has 0 saturated heterocycles. The van der Waals surface area contributed by atoms with E-state index in [0.29, 0.717) is 11.7 Å². The molecule has 0 spiro atoms. The first-order valence-electron chi connectivity index (χ1n) is 6.75. The molecule has 2 N–H and O–H groups in total. The van der Waals surface area contributed by atoms with Gasteiger partial charge in [-0.2, -0.15) is 0 Å². The Kier molecular flexibility index (Phi) is 3.46. The van der Waals surface area contributed by atoms with E-state index in [9.17, 15) is 8.42 Å². The van der Waals surface area contributed by atoms with Crippen molar-refractivity contribution in [3.05, 3.63) is 41.1 Å². The Hall–Kier alpha value is -1.86. The van der Waals surface area contributed by atoms with Crippen LogP contribution in [0.25, 0.3) is 0 Å². The van der Waals surface area contributed by atoms with Crippen molar-refractivity contribution in [2.75, 3.05) is 11.9 Å². The SMILES string of the molecule is Cc1nc(CNS(=O)(=O)c2ccc3c(c2)NCC3)oc1C. The van der Waals surface area contributed by atoms with Gasteiger partial charge in [0.2, 0.25) is 15.9 Å². The van der Waals surface area contributed by atoms with Crippen molar-refractivity contribution in [1.29, 1.82) is 0 Å². The van der Waals surface area contributed by atoms with Crippen LogP contribution in [0.5, 0.6) is 0 Å². The summed E-state index contributed by atoms with van der Waals surface area (Å²) in [6.07, 6.45) is 0.929. The zero-order valence-electron chi connectivity index (χ0n) is 11.9. The van der Waals surface area contributed by atoms with Crippen LogP contribution in [-0.4, -0.2) is 19.9 Å². The molecule has 21 heavy (non-hydrogen) atoms. The van der Waals surface area contributed by atoms with Gasteiger partial charge in [0, 0.05) is 12.2 Å². The van der Waals surface area contributed by atoms with Gasteiger partial charge in [0.1, 0.15) is 5.76 Å². The second kappa shape index (κ2) is 5.16. The molecule has 0 fully saturated rings. The number of nitrogens with zero attached hydrogens (tertiary/aromatic N) is 1. The van der Waals surface area contributed by atoms with E-state index in [-0.39, 0.29) is 11.4 Å². The average molecular weight is 307 g/mol. The van der Waals surface area contributed by atoms with Crippen LogP contribution in [0.2, 0.25) is 0 Å². The number of anilines is 1. The summed E-state index contributed by atoms with van der Waals surface area (Å²) in [6, 6.07) is 5.14. The number of hydrogen-bond donors (Lipinski definition) is 2. The highest BCUT2D eigenvalue weighted by Crippen LogP contribution is 2.25. The van der Waals surface area contributed by atoms with E-state index in [1.54, 1.807) is 19.1 Å². The lowest BCUT2D eigenvalue weighted by atomic mass is 10.2. The number of hydrogen-bond acceptors (Lipinski definition) is 5. The Morgan fingerprint density at radius 2 is 2.19 bits per heavy atom. The molecule has 3 rings (SSSR count). The van der Waals surface area contributed by atoms with Crippen LogP contribution in [-0.2, 0) is 23.0 Å². The maximum absolute atomic E-state index is 12.3. The molecule has 112 valence electrons. The Balaban J connectivity index is 1.77. The van der Waals surface area contributed by atoms with Crippen LogP contribution >= 0.6 is 0 Å². The topological polar surface area (TPSA) is 84.2 Å². The van der Waals surface area contributed by atoms with Gasteiger partial charge in [0.05, 0.1) is 17.1 Å². The van der Waals surface area contributed by atoms with Crippen molar-refractivity contribution >= 4 is 15.7 Å². The van der Waals surface area contributed by atoms with Gasteiger partial charge >= 0.3 is 0 Å². The zero-order valence-corrected chi connectivity index (χ0v) is 12.8. The molecule has 0 amide bonds. The van der Waals surface area contributed by atoms with Crippen LogP contribution in [0.1, 0.15) is 22.9 Å². The summed E-state index contributed by atoms with van der Waals surface area (Å²) in [7, 11) is -3.57. The van der Waals surface area contributed by atoms with E-state index in [0.717, 1.165) is 29.9 Å². The van der Waals surface area contributed by atoms with Gasteiger partial charge in [-0.05, 0) is 38.0 Å². The Bertz CT molecular complexity index is 761. The average Bonchev–Trinajstić information content (AvgIpc) is 3.03. The van der Waals surface area contributed by atoms with Crippen molar-refractivity contribution in [3.63, 3.8) is 0 Å². The third-order valence-corrected chi connectivity index (χ3v) is 4.99. The molecule has 0 aliphatic carbocycles. The summed E-state index contributed by atoms with van der Waals surface area (Å²) in [6.45, 7) is 4.51. The smallest absolute Gasteiger partial charge is 0.241 e. The number of nitrogens with one attached hydrogen (secondary N) is 2. The lowest BCUT2D eigenvalue weighted by Crippen LogP contribution is -2.23. The zero-order chi connectivity index (χ0) is 15.0. The number of oxazole rings is 1. The molecule has 1 aromatic carbocycles. The summed E-state index contributed by atoms with van der Waals surface area (Å²) in [5, 5.41) is 3.17. The van der Waals surface area contributed by atoms with Gasteiger partial charge in [0.25, 0.3) is 0 Å². The summed E-state index contributed by atoms with van der Waals surface area (Å²) in [4.78, 5) is 4.40. The van der Waals surface area contributed by atoms with Crippen LogP contribution in [0.15, 0.2) is 27.5 Å². The molecule has 0 unspecified atom stereocenters. The van der Waals surface area contributed by atoms with Gasteiger partial charge < -0.3 is 9.73 Å². The predicted molar refractivity (Wildman–Crippen MR) is 78.6 cm³/mol. The van der Waals surface area contributed by atoms with E-state index < -0.39 is 10.0 Å². The first-order valence-corrected chi connectivity index (χ1v) is 8.23. The van der Waals surface area contributed by atoms with Crippen molar-refractivity contribution < 1.29 is 12.8 Å². The van der Waals surface area contributed by atoms with E-state index in [1.165, 1.54) is 0 Å². The fourth-order valence-electron chi connectivity index (χ4n) is 2.29. The molecule has 0 radical (unpaired) electrons. The van der Waals surface area contributed by atoms with Gasteiger partial charge in [-0.15, -0.1) is 0 Å². The highest BCUT2D eigenvalue weighted by molar-refractivity contribution is 7.89. The Morgan fingerprint density at radius 3 is 2.90 bits per heavy atom. The summed E-state index contributed by atoms with van der Waals surface area (Å²) < 4.78 is 32.5. The third kappa shape index (κ3) is 2.79. The van der Waals surface area contributed by atoms with Gasteiger partial charge in [0.15, 0.2) is 0 Å². The molecular weight excluding hydrogens is 290 g/mol.